The molecule has 8 heteroatoms. The van der Waals surface area contributed by atoms with Gasteiger partial charge in [0.15, 0.2) is 0 Å². The van der Waals surface area contributed by atoms with Crippen molar-refractivity contribution in [2.24, 2.45) is 11.8 Å². The molecule has 4 atom stereocenters. The summed E-state index contributed by atoms with van der Waals surface area (Å²) >= 11 is 0. The topological polar surface area (TPSA) is 36.9 Å². The van der Waals surface area contributed by atoms with Crippen LogP contribution in [0.4, 0.5) is 0 Å². The molecule has 0 N–H and O–H groups in total. The summed E-state index contributed by atoms with van der Waals surface area (Å²) in [6.45, 7) is 44.4. The summed E-state index contributed by atoms with van der Waals surface area (Å²) in [7, 11) is -11.6. The Morgan fingerprint density at radius 3 is 1.10 bits per heavy atom. The zero-order chi connectivity index (χ0) is 30.1. The minimum Gasteiger partial charge on any atom is -0.415 e. The molecule has 0 aromatic carbocycles. The van der Waals surface area contributed by atoms with Gasteiger partial charge in [0.25, 0.3) is 0 Å². The summed E-state index contributed by atoms with van der Waals surface area (Å²) in [6, 6.07) is 3.06. The predicted octanol–water partition coefficient (Wildman–Crippen LogP) is 10.4. The van der Waals surface area contributed by atoms with E-state index in [-0.39, 0.29) is 16.6 Å². The lowest BCUT2D eigenvalue weighted by Crippen LogP contribution is -2.72. The summed E-state index contributed by atoms with van der Waals surface area (Å²) in [5.74, 6) is 1.19. The van der Waals surface area contributed by atoms with Crippen molar-refractivity contribution in [3.8, 4) is 0 Å². The van der Waals surface area contributed by atoms with Crippen LogP contribution in [0.15, 0.2) is 48.6 Å². The maximum atomic E-state index is 7.87. The third-order valence-electron chi connectivity index (χ3n) is 8.47. The fraction of sp³-hybridized carbons (Fsp3) is 0.742. The van der Waals surface area contributed by atoms with Gasteiger partial charge in [0.05, 0.1) is 0 Å². The molecule has 0 bridgehead atoms. The fourth-order valence-electron chi connectivity index (χ4n) is 6.28. The van der Waals surface area contributed by atoms with Gasteiger partial charge in [0.2, 0.25) is 0 Å². The second kappa shape index (κ2) is 12.9. The largest absolute Gasteiger partial charge is 0.415 e. The maximum absolute atomic E-state index is 7.87. The Balaban J connectivity index is 2.99. The molecule has 2 aliphatic rings. The standard InChI is InChI=1S/C31H60O4Si4/c1-22(2)18-36(27(11)12)32-37(28(13)14,19-23(3)4)34-39(21-25(7)8,31-17-30(31)26(9)10)35-38(33-36,29(15)16)20-24(5)6/h26-31H,1,3,5,7,17-21H2,2,4,6,8-16H3. The van der Waals surface area contributed by atoms with Gasteiger partial charge in [0.1, 0.15) is 0 Å². The van der Waals surface area contributed by atoms with Crippen LogP contribution in [0.1, 0.15) is 89.5 Å². The minimum absolute atomic E-state index is 0.215. The Bertz CT molecular complexity index is 903. The Morgan fingerprint density at radius 2 is 0.872 bits per heavy atom. The zero-order valence-electron chi connectivity index (χ0n) is 27.5. The molecule has 224 valence electrons. The van der Waals surface area contributed by atoms with Gasteiger partial charge in [-0.15, -0.1) is 26.3 Å². The molecule has 1 saturated carbocycles. The van der Waals surface area contributed by atoms with Gasteiger partial charge in [-0.3, -0.25) is 0 Å². The van der Waals surface area contributed by atoms with Gasteiger partial charge < -0.3 is 16.5 Å². The van der Waals surface area contributed by atoms with Crippen LogP contribution >= 0.6 is 0 Å². The number of rotatable bonds is 13. The molecule has 0 aromatic rings. The van der Waals surface area contributed by atoms with E-state index < -0.39 is 34.2 Å². The van der Waals surface area contributed by atoms with Gasteiger partial charge in [-0.25, -0.2) is 0 Å². The van der Waals surface area contributed by atoms with Crippen LogP contribution in [-0.2, 0) is 16.5 Å². The third-order valence-corrected chi connectivity index (χ3v) is 31.0. The highest BCUT2D eigenvalue weighted by Crippen LogP contribution is 2.61. The van der Waals surface area contributed by atoms with Gasteiger partial charge in [0, 0.05) is 29.7 Å². The van der Waals surface area contributed by atoms with Crippen molar-refractivity contribution in [2.45, 2.75) is 136 Å². The van der Waals surface area contributed by atoms with Gasteiger partial charge in [-0.2, -0.15) is 0 Å². The molecule has 1 heterocycles. The monoisotopic (exact) mass is 608 g/mol. The van der Waals surface area contributed by atoms with E-state index in [0.29, 0.717) is 17.4 Å². The van der Waals surface area contributed by atoms with E-state index in [9.17, 15) is 0 Å². The molecule has 39 heavy (non-hydrogen) atoms. The Hall–Kier alpha value is -0.332. The average molecular weight is 609 g/mol. The Kier molecular flexibility index (Phi) is 11.5. The molecule has 0 aromatic heterocycles. The smallest absolute Gasteiger partial charge is 0.328 e. The first-order valence-electron chi connectivity index (χ1n) is 15.1. The van der Waals surface area contributed by atoms with Crippen LogP contribution in [0.5, 0.6) is 0 Å². The van der Waals surface area contributed by atoms with E-state index in [1.807, 2.05) is 0 Å². The van der Waals surface area contributed by atoms with Crippen LogP contribution in [0.2, 0.25) is 46.3 Å². The highest BCUT2D eigenvalue weighted by atomic mass is 28.5. The van der Waals surface area contributed by atoms with E-state index >= 15 is 0 Å². The molecule has 2 rings (SSSR count). The van der Waals surface area contributed by atoms with Crippen LogP contribution in [0, 0.1) is 11.8 Å². The van der Waals surface area contributed by atoms with Crippen LogP contribution in [0.3, 0.4) is 0 Å². The lowest BCUT2D eigenvalue weighted by molar-refractivity contribution is 0.197. The van der Waals surface area contributed by atoms with E-state index in [1.165, 1.54) is 0 Å². The van der Waals surface area contributed by atoms with E-state index in [4.69, 9.17) is 16.5 Å². The van der Waals surface area contributed by atoms with E-state index in [1.54, 1.807) is 0 Å². The summed E-state index contributed by atoms with van der Waals surface area (Å²) in [5.41, 5.74) is 5.54. The second-order valence-electron chi connectivity index (χ2n) is 14.4. The quantitative estimate of drug-likeness (QED) is 0.154. The highest BCUT2D eigenvalue weighted by molar-refractivity contribution is 6.97. The summed E-state index contributed by atoms with van der Waals surface area (Å²) < 4.78 is 31.2. The molecule has 1 saturated heterocycles. The van der Waals surface area contributed by atoms with Gasteiger partial charge >= 0.3 is 34.2 Å². The number of hydrogen-bond donors (Lipinski definition) is 0. The first kappa shape index (κ1) is 34.9. The molecule has 0 radical (unpaired) electrons. The minimum atomic E-state index is -2.91. The predicted molar refractivity (Wildman–Crippen MR) is 178 cm³/mol. The lowest BCUT2D eigenvalue weighted by atomic mass is 10.1. The molecule has 4 nitrogen and oxygen atoms in total. The molecule has 4 unspecified atom stereocenters. The summed E-state index contributed by atoms with van der Waals surface area (Å²) in [5, 5.41) is 0. The average Bonchev–Trinajstić information content (AvgIpc) is 3.52. The maximum Gasteiger partial charge on any atom is 0.328 e. The van der Waals surface area contributed by atoms with Crippen LogP contribution in [-0.4, -0.2) is 34.2 Å². The molecule has 0 amide bonds. The molecule has 1 aliphatic heterocycles. The van der Waals surface area contributed by atoms with Gasteiger partial charge in [-0.05, 0) is 62.6 Å². The van der Waals surface area contributed by atoms with Crippen LogP contribution in [0.25, 0.3) is 0 Å². The summed E-state index contributed by atoms with van der Waals surface area (Å²) in [6.07, 6.45) is 1.15. The van der Waals surface area contributed by atoms with Crippen molar-refractivity contribution in [1.29, 1.82) is 0 Å². The van der Waals surface area contributed by atoms with E-state index in [0.717, 1.165) is 52.9 Å². The SMILES string of the molecule is C=C(C)C[Si]1(C(C)C)O[Si](CC(=C)C)(C(C)C)O[Si](CC(=C)C)(C2CC2C(C)C)O[Si](CC(=C)C)(C(C)C)O1. The van der Waals surface area contributed by atoms with Crippen LogP contribution < -0.4 is 0 Å². The lowest BCUT2D eigenvalue weighted by Gasteiger charge is -2.57. The van der Waals surface area contributed by atoms with Crippen molar-refractivity contribution in [3.05, 3.63) is 48.6 Å². The summed E-state index contributed by atoms with van der Waals surface area (Å²) in [4.78, 5) is 0. The molecule has 0 spiro atoms. The molecule has 1 aliphatic carbocycles. The normalized spacial score (nSPS) is 35.3. The number of hydrogen-bond acceptors (Lipinski definition) is 4. The fourth-order valence-corrected chi connectivity index (χ4v) is 33.5. The number of allylic oxidation sites excluding steroid dienone is 4. The van der Waals surface area contributed by atoms with Gasteiger partial charge in [-0.1, -0.05) is 77.7 Å². The van der Waals surface area contributed by atoms with E-state index in [2.05, 4.69) is 109 Å². The van der Waals surface area contributed by atoms with Crippen molar-refractivity contribution in [1.82, 2.24) is 0 Å². The molecular formula is C31H60O4Si4. The second-order valence-corrected chi connectivity index (χ2v) is 29.8. The third kappa shape index (κ3) is 7.94. The van der Waals surface area contributed by atoms with Crippen molar-refractivity contribution in [2.75, 3.05) is 0 Å². The van der Waals surface area contributed by atoms with Crippen molar-refractivity contribution < 1.29 is 16.5 Å². The Labute approximate surface area is 246 Å². The van der Waals surface area contributed by atoms with Crippen molar-refractivity contribution >= 4 is 34.2 Å². The first-order valence-corrected chi connectivity index (χ1v) is 23.5. The molecular weight excluding hydrogens is 549 g/mol. The Morgan fingerprint density at radius 1 is 0.564 bits per heavy atom. The van der Waals surface area contributed by atoms with Crippen molar-refractivity contribution in [3.63, 3.8) is 0 Å². The zero-order valence-corrected chi connectivity index (χ0v) is 31.5. The highest BCUT2D eigenvalue weighted by Gasteiger charge is 2.69. The molecule has 2 fully saturated rings. The first-order chi connectivity index (χ1) is 17.8.